The van der Waals surface area contributed by atoms with Gasteiger partial charge in [0.25, 0.3) is 5.97 Å². The Morgan fingerprint density at radius 3 is 2.29 bits per heavy atom. The molecule has 0 atom stereocenters. The molecule has 0 radical (unpaired) electrons. The number of fused-ring (bicyclic) bond motifs is 1. The van der Waals surface area contributed by atoms with Crippen molar-refractivity contribution < 1.29 is 23.4 Å². The highest BCUT2D eigenvalue weighted by atomic mass is 19.2. The van der Waals surface area contributed by atoms with Gasteiger partial charge in [0.15, 0.2) is 11.6 Å². The summed E-state index contributed by atoms with van der Waals surface area (Å²) in [4.78, 5) is 29.4. The molecule has 2 N–H and O–H groups in total. The first kappa shape index (κ1) is 23.2. The molecule has 4 aromatic rings. The van der Waals surface area contributed by atoms with Gasteiger partial charge in [0.05, 0.1) is 16.7 Å². The van der Waals surface area contributed by atoms with E-state index in [0.717, 1.165) is 37.5 Å². The van der Waals surface area contributed by atoms with E-state index in [-0.39, 0.29) is 6.10 Å². The lowest BCUT2D eigenvalue weighted by atomic mass is 9.98. The number of H-pyrrole nitrogens is 1. The Kier molecular flexibility index (Phi) is 7.05. The number of carbonyl (C=O) groups is 1. The molecule has 176 valence electrons. The Morgan fingerprint density at radius 2 is 1.65 bits per heavy atom. The van der Waals surface area contributed by atoms with E-state index in [0.29, 0.717) is 34.1 Å². The maximum Gasteiger partial charge on any atom is 0.316 e. The summed E-state index contributed by atoms with van der Waals surface area (Å²) >= 11 is 0. The van der Waals surface area contributed by atoms with Gasteiger partial charge in [0.1, 0.15) is 11.9 Å². The van der Waals surface area contributed by atoms with Crippen molar-refractivity contribution in [1.82, 2.24) is 24.9 Å². The van der Waals surface area contributed by atoms with Crippen molar-refractivity contribution in [3.63, 3.8) is 0 Å². The number of carboxylic acid groups (broad SMARTS) is 1. The van der Waals surface area contributed by atoms with Gasteiger partial charge in [-0.3, -0.25) is 9.78 Å². The molecule has 3 heterocycles. The molecule has 1 saturated carbocycles. The van der Waals surface area contributed by atoms with Crippen LogP contribution in [0.5, 0.6) is 6.01 Å². The highest BCUT2D eigenvalue weighted by Gasteiger charge is 2.16. The van der Waals surface area contributed by atoms with Crippen LogP contribution in [0.4, 0.5) is 8.78 Å². The van der Waals surface area contributed by atoms with Crippen LogP contribution in [0.25, 0.3) is 33.7 Å². The van der Waals surface area contributed by atoms with E-state index in [1.165, 1.54) is 19.3 Å². The summed E-state index contributed by atoms with van der Waals surface area (Å²) in [5, 5.41) is 7.42. The molecule has 34 heavy (non-hydrogen) atoms. The molecule has 1 aliphatic carbocycles. The first-order valence-electron chi connectivity index (χ1n) is 10.9. The Bertz CT molecular complexity index is 1230. The van der Waals surface area contributed by atoms with Crippen molar-refractivity contribution in [2.75, 3.05) is 0 Å². The van der Waals surface area contributed by atoms with Gasteiger partial charge in [-0.1, -0.05) is 6.42 Å². The maximum absolute atomic E-state index is 13.4. The second kappa shape index (κ2) is 10.3. The fraction of sp³-hybridized carbons (Fsp3) is 0.292. The number of hydrogen-bond donors (Lipinski definition) is 2. The van der Waals surface area contributed by atoms with Gasteiger partial charge < -0.3 is 14.8 Å². The first-order valence-corrected chi connectivity index (χ1v) is 10.9. The molecule has 0 bridgehead atoms. The number of aromatic nitrogens is 5. The number of nitrogens with one attached hydrogen (secondary N) is 1. The third-order valence-electron chi connectivity index (χ3n) is 5.31. The van der Waals surface area contributed by atoms with Crippen LogP contribution in [0, 0.1) is 11.6 Å². The molecule has 1 aliphatic rings. The number of aliphatic carboxylic acids is 1. The van der Waals surface area contributed by atoms with Crippen LogP contribution in [0.1, 0.15) is 39.0 Å². The van der Waals surface area contributed by atoms with E-state index in [1.54, 1.807) is 18.6 Å². The molecule has 1 fully saturated rings. The second-order valence-electron chi connectivity index (χ2n) is 7.95. The number of hydrogen-bond acceptors (Lipinski definition) is 6. The monoisotopic (exact) mass is 467 g/mol. The lowest BCUT2D eigenvalue weighted by molar-refractivity contribution is -0.134. The molecule has 0 saturated heterocycles. The molecule has 10 heteroatoms. The summed E-state index contributed by atoms with van der Waals surface area (Å²) < 4.78 is 32.7. The Morgan fingerprint density at radius 1 is 1.00 bits per heavy atom. The Balaban J connectivity index is 0.000000636. The normalized spacial score (nSPS) is 13.9. The van der Waals surface area contributed by atoms with Gasteiger partial charge in [0.2, 0.25) is 0 Å². The number of rotatable bonds is 4. The lowest BCUT2D eigenvalue weighted by Crippen LogP contribution is -2.20. The number of benzene rings is 1. The number of pyridine rings is 1. The van der Waals surface area contributed by atoms with E-state index in [2.05, 4.69) is 24.9 Å². The van der Waals surface area contributed by atoms with Crippen LogP contribution in [0.2, 0.25) is 0 Å². The predicted octanol–water partition coefficient (Wildman–Crippen LogP) is 5.16. The van der Waals surface area contributed by atoms with Crippen LogP contribution in [-0.4, -0.2) is 42.1 Å². The number of imidazole rings is 1. The number of aromatic amines is 1. The third kappa shape index (κ3) is 5.69. The molecule has 0 spiro atoms. The second-order valence-corrected chi connectivity index (χ2v) is 7.95. The van der Waals surface area contributed by atoms with Gasteiger partial charge in [-0.05, 0) is 37.8 Å². The minimum absolute atomic E-state index is 0.202. The quantitative estimate of drug-likeness (QED) is 0.426. The zero-order valence-electron chi connectivity index (χ0n) is 18.5. The molecular weight excluding hydrogens is 444 g/mol. The summed E-state index contributed by atoms with van der Waals surface area (Å²) in [6, 6.07) is 6.21. The third-order valence-corrected chi connectivity index (χ3v) is 5.31. The topological polar surface area (TPSA) is 114 Å². The van der Waals surface area contributed by atoms with Gasteiger partial charge in [-0.25, -0.2) is 23.7 Å². The molecule has 3 aromatic heterocycles. The van der Waals surface area contributed by atoms with Gasteiger partial charge in [0, 0.05) is 48.8 Å². The van der Waals surface area contributed by atoms with E-state index in [1.807, 2.05) is 12.1 Å². The van der Waals surface area contributed by atoms with E-state index < -0.39 is 17.6 Å². The Hall–Kier alpha value is -3.95. The summed E-state index contributed by atoms with van der Waals surface area (Å²) in [5.74, 6) is -2.19. The van der Waals surface area contributed by atoms with Gasteiger partial charge in [-0.15, -0.1) is 0 Å². The van der Waals surface area contributed by atoms with Crippen LogP contribution in [0.15, 0.2) is 42.9 Å². The summed E-state index contributed by atoms with van der Waals surface area (Å²) in [6.45, 7) is 1.08. The number of ether oxygens (including phenoxy) is 1. The van der Waals surface area contributed by atoms with Crippen molar-refractivity contribution in [3.8, 4) is 28.7 Å². The molecule has 5 rings (SSSR count). The van der Waals surface area contributed by atoms with Crippen molar-refractivity contribution in [3.05, 3.63) is 54.5 Å². The van der Waals surface area contributed by atoms with Crippen molar-refractivity contribution in [1.29, 1.82) is 0 Å². The average Bonchev–Trinajstić information content (AvgIpc) is 3.23. The minimum atomic E-state index is -0.926. The summed E-state index contributed by atoms with van der Waals surface area (Å²) in [7, 11) is 0. The zero-order chi connectivity index (χ0) is 24.1. The first-order chi connectivity index (χ1) is 16.4. The summed E-state index contributed by atoms with van der Waals surface area (Å²) in [6.07, 6.45) is 11.0. The van der Waals surface area contributed by atoms with Gasteiger partial charge in [-0.2, -0.15) is 0 Å². The molecule has 0 unspecified atom stereocenters. The number of carboxylic acids is 1. The van der Waals surface area contributed by atoms with Crippen molar-refractivity contribution >= 4 is 17.0 Å². The standard InChI is InChI=1S/C22H19F2N5O.C2H4O2/c23-16-8-19-20(9-17(16)24)29-21(28-19)13-6-7-18(25-10-13)14-11-26-22(27-12-14)30-15-4-2-1-3-5-15;1-2(3)4/h6-12,15H,1-5H2,(H,28,29);1H3,(H,3,4). The fourth-order valence-electron chi connectivity index (χ4n) is 3.69. The maximum atomic E-state index is 13.4. The minimum Gasteiger partial charge on any atom is -0.481 e. The zero-order valence-corrected chi connectivity index (χ0v) is 18.5. The highest BCUT2D eigenvalue weighted by Crippen LogP contribution is 2.25. The molecule has 0 amide bonds. The largest absolute Gasteiger partial charge is 0.481 e. The van der Waals surface area contributed by atoms with E-state index in [9.17, 15) is 8.78 Å². The van der Waals surface area contributed by atoms with Crippen LogP contribution >= 0.6 is 0 Å². The van der Waals surface area contributed by atoms with Crippen LogP contribution in [-0.2, 0) is 4.79 Å². The molecule has 1 aromatic carbocycles. The smallest absolute Gasteiger partial charge is 0.316 e. The predicted molar refractivity (Wildman–Crippen MR) is 121 cm³/mol. The average molecular weight is 467 g/mol. The number of halogens is 2. The molecular formula is C24H23F2N5O3. The van der Waals surface area contributed by atoms with E-state index in [4.69, 9.17) is 14.6 Å². The SMILES string of the molecule is CC(=O)O.Fc1cc2nc(-c3ccc(-c4cnc(OC5CCCCC5)nc4)nc3)[nH]c2cc1F. The molecule has 0 aliphatic heterocycles. The summed E-state index contributed by atoms with van der Waals surface area (Å²) in [5.41, 5.74) is 2.96. The fourth-order valence-corrected chi connectivity index (χ4v) is 3.69. The van der Waals surface area contributed by atoms with E-state index >= 15 is 0 Å². The van der Waals surface area contributed by atoms with Gasteiger partial charge >= 0.3 is 6.01 Å². The van der Waals surface area contributed by atoms with Crippen LogP contribution < -0.4 is 4.74 Å². The van der Waals surface area contributed by atoms with Crippen molar-refractivity contribution in [2.45, 2.75) is 45.1 Å². The molecule has 8 nitrogen and oxygen atoms in total. The Labute approximate surface area is 194 Å². The highest BCUT2D eigenvalue weighted by molar-refractivity contribution is 5.79. The lowest BCUT2D eigenvalue weighted by Gasteiger charge is -2.21. The van der Waals surface area contributed by atoms with Crippen molar-refractivity contribution in [2.24, 2.45) is 0 Å². The van der Waals surface area contributed by atoms with Crippen LogP contribution in [0.3, 0.4) is 0 Å². The number of nitrogens with zero attached hydrogens (tertiary/aromatic N) is 4.